The first kappa shape index (κ1) is 22.5. The maximum Gasteiger partial charge on any atom is 0.305 e. The fourth-order valence-corrected chi connectivity index (χ4v) is 4.21. The lowest BCUT2D eigenvalue weighted by Gasteiger charge is -2.32. The van der Waals surface area contributed by atoms with Crippen molar-refractivity contribution >= 4 is 5.97 Å². The van der Waals surface area contributed by atoms with Gasteiger partial charge >= 0.3 is 5.97 Å². The van der Waals surface area contributed by atoms with Gasteiger partial charge in [-0.05, 0) is 62.7 Å². The molecule has 162 valence electrons. The Labute approximate surface area is 181 Å². The van der Waals surface area contributed by atoms with Gasteiger partial charge in [0.1, 0.15) is 6.10 Å². The molecular weight excluding hydrogens is 374 g/mol. The number of hydrogen-bond donors (Lipinski definition) is 0. The molecule has 2 aromatic carbocycles. The minimum atomic E-state index is -0.0570. The number of benzene rings is 2. The number of likely N-dealkylation sites (tertiary alicyclic amines) is 1. The summed E-state index contributed by atoms with van der Waals surface area (Å²) in [6, 6.07) is 20.9. The van der Waals surface area contributed by atoms with Gasteiger partial charge in [0, 0.05) is 13.0 Å². The molecule has 1 aliphatic heterocycles. The van der Waals surface area contributed by atoms with Gasteiger partial charge < -0.3 is 14.4 Å². The van der Waals surface area contributed by atoms with Gasteiger partial charge in [0.05, 0.1) is 13.2 Å². The van der Waals surface area contributed by atoms with E-state index >= 15 is 0 Å². The number of ether oxygens (including phenoxy) is 2. The van der Waals surface area contributed by atoms with E-state index < -0.39 is 0 Å². The van der Waals surface area contributed by atoms with E-state index in [0.29, 0.717) is 13.0 Å². The average Bonchev–Trinajstić information content (AvgIpc) is 2.79. The molecule has 4 heteroatoms. The second-order valence-electron chi connectivity index (χ2n) is 8.05. The van der Waals surface area contributed by atoms with Gasteiger partial charge in [0.2, 0.25) is 0 Å². The molecule has 1 heterocycles. The van der Waals surface area contributed by atoms with Crippen LogP contribution in [0.25, 0.3) is 0 Å². The summed E-state index contributed by atoms with van der Waals surface area (Å²) in [4.78, 5) is 14.0. The Morgan fingerprint density at radius 2 is 1.60 bits per heavy atom. The molecule has 2 aromatic rings. The minimum absolute atomic E-state index is 0.0205. The van der Waals surface area contributed by atoms with E-state index in [1.807, 2.05) is 19.1 Å². The fraction of sp³-hybridized carbons (Fsp3) is 0.500. The Morgan fingerprint density at radius 1 is 1.00 bits per heavy atom. The van der Waals surface area contributed by atoms with E-state index in [0.717, 1.165) is 45.0 Å². The molecule has 0 atom stereocenters. The first-order valence-electron chi connectivity index (χ1n) is 11.4. The van der Waals surface area contributed by atoms with Crippen LogP contribution in [0, 0.1) is 5.92 Å². The first-order valence-corrected chi connectivity index (χ1v) is 11.4. The van der Waals surface area contributed by atoms with E-state index in [2.05, 4.69) is 53.4 Å². The Balaban J connectivity index is 1.40. The summed E-state index contributed by atoms with van der Waals surface area (Å²) in [6.45, 7) is 6.27. The van der Waals surface area contributed by atoms with E-state index in [-0.39, 0.29) is 12.1 Å². The number of esters is 1. The van der Waals surface area contributed by atoms with Crippen molar-refractivity contribution in [1.29, 1.82) is 0 Å². The van der Waals surface area contributed by atoms with Crippen LogP contribution in [0.1, 0.15) is 56.3 Å². The van der Waals surface area contributed by atoms with Crippen molar-refractivity contribution in [3.63, 3.8) is 0 Å². The molecule has 1 aliphatic rings. The molecule has 0 N–H and O–H groups in total. The van der Waals surface area contributed by atoms with Gasteiger partial charge in [-0.3, -0.25) is 4.79 Å². The molecule has 0 amide bonds. The molecule has 0 aliphatic carbocycles. The zero-order valence-corrected chi connectivity index (χ0v) is 18.2. The fourth-order valence-electron chi connectivity index (χ4n) is 4.21. The first-order chi connectivity index (χ1) is 14.8. The number of hydrogen-bond acceptors (Lipinski definition) is 4. The van der Waals surface area contributed by atoms with Crippen molar-refractivity contribution in [2.45, 2.75) is 45.1 Å². The lowest BCUT2D eigenvalue weighted by Crippen LogP contribution is -2.36. The Bertz CT molecular complexity index is 687. The van der Waals surface area contributed by atoms with Crippen LogP contribution in [0.15, 0.2) is 60.7 Å². The number of nitrogens with zero attached hydrogens (tertiary/aromatic N) is 1. The monoisotopic (exact) mass is 409 g/mol. The van der Waals surface area contributed by atoms with Crippen LogP contribution in [-0.4, -0.2) is 43.7 Å². The predicted molar refractivity (Wildman–Crippen MR) is 120 cm³/mol. The van der Waals surface area contributed by atoms with Gasteiger partial charge in [0.25, 0.3) is 0 Å². The van der Waals surface area contributed by atoms with Crippen LogP contribution in [0.4, 0.5) is 0 Å². The quantitative estimate of drug-likeness (QED) is 0.476. The summed E-state index contributed by atoms with van der Waals surface area (Å²) in [5, 5.41) is 0. The molecule has 4 nitrogen and oxygen atoms in total. The Hall–Kier alpha value is -2.17. The van der Waals surface area contributed by atoms with Crippen LogP contribution in [-0.2, 0) is 14.3 Å². The highest BCUT2D eigenvalue weighted by Gasteiger charge is 2.20. The van der Waals surface area contributed by atoms with E-state index in [1.54, 1.807) is 0 Å². The van der Waals surface area contributed by atoms with Crippen LogP contribution in [0.5, 0.6) is 0 Å². The van der Waals surface area contributed by atoms with Gasteiger partial charge in [-0.25, -0.2) is 0 Å². The summed E-state index contributed by atoms with van der Waals surface area (Å²) < 4.78 is 11.4. The van der Waals surface area contributed by atoms with Crippen LogP contribution in [0.2, 0.25) is 0 Å². The molecule has 0 saturated carbocycles. The Morgan fingerprint density at radius 3 is 2.17 bits per heavy atom. The van der Waals surface area contributed by atoms with Crippen LogP contribution < -0.4 is 0 Å². The van der Waals surface area contributed by atoms with Crippen molar-refractivity contribution in [2.75, 3.05) is 32.8 Å². The third kappa shape index (κ3) is 7.26. The summed E-state index contributed by atoms with van der Waals surface area (Å²) >= 11 is 0. The normalized spacial score (nSPS) is 15.4. The number of carbonyl (C=O) groups is 1. The molecule has 30 heavy (non-hydrogen) atoms. The van der Waals surface area contributed by atoms with Crippen molar-refractivity contribution in [2.24, 2.45) is 5.92 Å². The minimum Gasteiger partial charge on any atom is -0.466 e. The highest BCUT2D eigenvalue weighted by molar-refractivity contribution is 5.69. The molecule has 0 unspecified atom stereocenters. The standard InChI is InChI=1S/C26H35NO3/c1-2-29-25(28)15-9-10-22-16-18-27(19-17-22)20-21-30-26(23-11-5-3-6-12-23)24-13-7-4-8-14-24/h3-8,11-14,22,26H,2,9-10,15-21H2,1H3. The number of piperidine rings is 1. The van der Waals surface area contributed by atoms with E-state index in [4.69, 9.17) is 9.47 Å². The second-order valence-corrected chi connectivity index (χ2v) is 8.05. The lowest BCUT2D eigenvalue weighted by atomic mass is 9.91. The van der Waals surface area contributed by atoms with Crippen molar-refractivity contribution in [1.82, 2.24) is 4.90 Å². The third-order valence-corrected chi connectivity index (χ3v) is 5.90. The second kappa shape index (κ2) is 12.5. The molecule has 3 rings (SSSR count). The predicted octanol–water partition coefficient (Wildman–Crippen LogP) is 5.24. The average molecular weight is 410 g/mol. The van der Waals surface area contributed by atoms with Crippen molar-refractivity contribution in [3.8, 4) is 0 Å². The summed E-state index contributed by atoms with van der Waals surface area (Å²) in [7, 11) is 0. The van der Waals surface area contributed by atoms with Gasteiger partial charge in [-0.15, -0.1) is 0 Å². The zero-order valence-electron chi connectivity index (χ0n) is 18.2. The van der Waals surface area contributed by atoms with Crippen molar-refractivity contribution in [3.05, 3.63) is 71.8 Å². The molecule has 0 spiro atoms. The molecule has 0 aromatic heterocycles. The maximum absolute atomic E-state index is 11.5. The zero-order chi connectivity index (χ0) is 21.0. The number of carbonyl (C=O) groups excluding carboxylic acids is 1. The smallest absolute Gasteiger partial charge is 0.305 e. The summed E-state index contributed by atoms with van der Waals surface area (Å²) in [5.74, 6) is 0.677. The highest BCUT2D eigenvalue weighted by Crippen LogP contribution is 2.26. The molecular formula is C26H35NO3. The van der Waals surface area contributed by atoms with Crippen LogP contribution in [0.3, 0.4) is 0 Å². The largest absolute Gasteiger partial charge is 0.466 e. The van der Waals surface area contributed by atoms with Gasteiger partial charge in [0.15, 0.2) is 0 Å². The van der Waals surface area contributed by atoms with E-state index in [1.165, 1.54) is 24.0 Å². The van der Waals surface area contributed by atoms with Gasteiger partial charge in [-0.1, -0.05) is 60.7 Å². The van der Waals surface area contributed by atoms with Crippen LogP contribution >= 0.6 is 0 Å². The van der Waals surface area contributed by atoms with Gasteiger partial charge in [-0.2, -0.15) is 0 Å². The van der Waals surface area contributed by atoms with Crippen molar-refractivity contribution < 1.29 is 14.3 Å². The SMILES string of the molecule is CCOC(=O)CCCC1CCN(CCOC(c2ccccc2)c2ccccc2)CC1. The summed E-state index contributed by atoms with van der Waals surface area (Å²) in [6.07, 6.45) is 5.04. The highest BCUT2D eigenvalue weighted by atomic mass is 16.5. The topological polar surface area (TPSA) is 38.8 Å². The lowest BCUT2D eigenvalue weighted by molar-refractivity contribution is -0.143. The molecule has 1 saturated heterocycles. The molecule has 1 fully saturated rings. The van der Waals surface area contributed by atoms with E-state index in [9.17, 15) is 4.79 Å². The summed E-state index contributed by atoms with van der Waals surface area (Å²) in [5.41, 5.74) is 2.40. The molecule has 0 bridgehead atoms. The Kier molecular flexibility index (Phi) is 9.39. The molecule has 0 radical (unpaired) electrons. The maximum atomic E-state index is 11.5. The third-order valence-electron chi connectivity index (χ3n) is 5.90. The number of rotatable bonds is 11.